The molecule has 2 bridgehead atoms. The summed E-state index contributed by atoms with van der Waals surface area (Å²) in [6.07, 6.45) is 1.57. The van der Waals surface area contributed by atoms with Crippen molar-refractivity contribution in [3.63, 3.8) is 0 Å². The molecule has 3 unspecified atom stereocenters. The molecule has 9 heteroatoms. The van der Waals surface area contributed by atoms with E-state index in [0.717, 1.165) is 5.57 Å². The summed E-state index contributed by atoms with van der Waals surface area (Å²) in [5.74, 6) is 4.74. The van der Waals surface area contributed by atoms with Crippen molar-refractivity contribution in [1.82, 2.24) is 5.32 Å². The Morgan fingerprint density at radius 3 is 2.69 bits per heavy atom. The Balaban J connectivity index is 1.84. The predicted molar refractivity (Wildman–Crippen MR) is 120 cm³/mol. The topological polar surface area (TPSA) is 114 Å². The van der Waals surface area contributed by atoms with Crippen molar-refractivity contribution in [3.05, 3.63) is 11.6 Å². The van der Waals surface area contributed by atoms with Crippen LogP contribution in [0.3, 0.4) is 0 Å². The molecular weight excluding hydrogens is 434 g/mol. The fraction of sp³-hybridized carbons (Fsp3) is 0.739. The van der Waals surface area contributed by atoms with Crippen LogP contribution in [-0.2, 0) is 19.0 Å². The largest absolute Gasteiger partial charge is 0.459 e. The van der Waals surface area contributed by atoms with E-state index in [0.29, 0.717) is 44.3 Å². The van der Waals surface area contributed by atoms with Gasteiger partial charge >= 0.3 is 5.97 Å². The first-order valence-electron chi connectivity index (χ1n) is 11.1. The lowest BCUT2D eigenvalue weighted by Crippen LogP contribution is -2.59. The Morgan fingerprint density at radius 1 is 1.22 bits per heavy atom. The zero-order chi connectivity index (χ0) is 23.3. The number of allylic oxidation sites excluding steroid dienone is 1. The summed E-state index contributed by atoms with van der Waals surface area (Å²) in [6.45, 7) is 3.74. The second kappa shape index (κ2) is 11.0. The van der Waals surface area contributed by atoms with E-state index in [-0.39, 0.29) is 23.3 Å². The molecule has 0 aromatic rings. The molecule has 0 radical (unpaired) electrons. The van der Waals surface area contributed by atoms with Crippen molar-refractivity contribution in [3.8, 4) is 11.8 Å². The Labute approximate surface area is 193 Å². The number of methoxy groups -OCH3 is 1. The number of carbonyl (C=O) groups excluding carboxylic acids is 2. The van der Waals surface area contributed by atoms with Gasteiger partial charge in [0.25, 0.3) is 5.24 Å². The fourth-order valence-corrected chi connectivity index (χ4v) is 5.18. The maximum Gasteiger partial charge on any atom is 0.330 e. The van der Waals surface area contributed by atoms with Gasteiger partial charge in [-0.1, -0.05) is 36.1 Å². The molecule has 1 amide bonds. The van der Waals surface area contributed by atoms with Crippen LogP contribution in [0.25, 0.3) is 0 Å². The van der Waals surface area contributed by atoms with Gasteiger partial charge in [-0.25, -0.2) is 4.79 Å². The van der Waals surface area contributed by atoms with E-state index in [1.807, 2.05) is 6.92 Å². The molecule has 3 aliphatic heterocycles. The monoisotopic (exact) mass is 467 g/mol. The molecular formula is C23H33NO7S. The van der Waals surface area contributed by atoms with Crippen LogP contribution in [0.15, 0.2) is 11.6 Å². The molecule has 0 spiro atoms. The van der Waals surface area contributed by atoms with Gasteiger partial charge < -0.3 is 29.7 Å². The van der Waals surface area contributed by atoms with Crippen molar-refractivity contribution in [2.24, 2.45) is 5.92 Å². The first kappa shape index (κ1) is 25.1. The number of rotatable bonds is 2. The lowest BCUT2D eigenvalue weighted by Gasteiger charge is -2.46. The quantitative estimate of drug-likeness (QED) is 0.418. The average Bonchev–Trinajstić information content (AvgIpc) is 3.20. The molecule has 0 saturated carbocycles. The van der Waals surface area contributed by atoms with Crippen molar-refractivity contribution in [2.75, 3.05) is 12.9 Å². The van der Waals surface area contributed by atoms with E-state index in [9.17, 15) is 19.8 Å². The summed E-state index contributed by atoms with van der Waals surface area (Å²) < 4.78 is 18.0. The first-order valence-corrected chi connectivity index (χ1v) is 12.1. The van der Waals surface area contributed by atoms with Crippen LogP contribution < -0.4 is 5.32 Å². The number of thioether (sulfide) groups is 1. The van der Waals surface area contributed by atoms with Gasteiger partial charge in [0, 0.05) is 37.7 Å². The zero-order valence-electron chi connectivity index (χ0n) is 18.8. The highest BCUT2D eigenvalue weighted by Gasteiger charge is 2.51. The highest BCUT2D eigenvalue weighted by molar-refractivity contribution is 8.14. The number of amides is 1. The number of carbonyl (C=O) groups is 2. The Morgan fingerprint density at radius 2 is 2.00 bits per heavy atom. The number of aliphatic hydroxyl groups is 2. The van der Waals surface area contributed by atoms with Crippen LogP contribution in [0.5, 0.6) is 0 Å². The minimum atomic E-state index is -1.13. The molecule has 2 fully saturated rings. The second-order valence-electron chi connectivity index (χ2n) is 8.86. The number of ether oxygens (including phenoxy) is 3. The molecule has 3 heterocycles. The molecule has 0 aromatic carbocycles. The van der Waals surface area contributed by atoms with E-state index < -0.39 is 30.1 Å². The summed E-state index contributed by atoms with van der Waals surface area (Å²) >= 11 is 1.19. The summed E-state index contributed by atoms with van der Waals surface area (Å²) in [5.41, 5.74) is 0.746. The van der Waals surface area contributed by atoms with E-state index in [1.165, 1.54) is 17.8 Å². The second-order valence-corrected chi connectivity index (χ2v) is 9.85. The highest BCUT2D eigenvalue weighted by atomic mass is 32.2. The van der Waals surface area contributed by atoms with Crippen molar-refractivity contribution in [1.29, 1.82) is 0 Å². The highest BCUT2D eigenvalue weighted by Crippen LogP contribution is 2.39. The maximum atomic E-state index is 12.6. The van der Waals surface area contributed by atoms with Crippen LogP contribution in [0, 0.1) is 17.8 Å². The Bertz CT molecular complexity index is 791. The number of hydrogen-bond acceptors (Lipinski definition) is 8. The summed E-state index contributed by atoms with van der Waals surface area (Å²) in [6, 6.07) is -0.342. The summed E-state index contributed by atoms with van der Waals surface area (Å²) in [5, 5.41) is 23.0. The third-order valence-corrected chi connectivity index (χ3v) is 7.08. The lowest BCUT2D eigenvalue weighted by molar-refractivity contribution is -0.296. The smallest absolute Gasteiger partial charge is 0.330 e. The molecule has 2 saturated heterocycles. The maximum absolute atomic E-state index is 12.6. The number of fused-ring (bicyclic) bond motifs is 2. The normalized spacial score (nSPS) is 41.0. The minimum Gasteiger partial charge on any atom is -0.459 e. The molecule has 0 aliphatic carbocycles. The average molecular weight is 468 g/mol. The molecule has 178 valence electrons. The van der Waals surface area contributed by atoms with Crippen LogP contribution in [-0.4, -0.2) is 70.5 Å². The van der Waals surface area contributed by atoms with E-state index in [2.05, 4.69) is 17.2 Å². The van der Waals surface area contributed by atoms with Crippen LogP contribution in [0.1, 0.15) is 52.4 Å². The van der Waals surface area contributed by atoms with Crippen molar-refractivity contribution < 1.29 is 34.0 Å². The van der Waals surface area contributed by atoms with Gasteiger partial charge in [0.15, 0.2) is 5.79 Å². The molecule has 3 aliphatic rings. The summed E-state index contributed by atoms with van der Waals surface area (Å²) in [7, 11) is 1.55. The number of nitrogens with one attached hydrogen (secondary N) is 1. The van der Waals surface area contributed by atoms with Crippen molar-refractivity contribution >= 4 is 23.0 Å². The van der Waals surface area contributed by atoms with Crippen molar-refractivity contribution in [2.45, 2.75) is 88.6 Å². The van der Waals surface area contributed by atoms with Gasteiger partial charge in [0.05, 0.1) is 18.2 Å². The Hall–Kier alpha value is -1.57. The third kappa shape index (κ3) is 6.49. The number of esters is 1. The number of aliphatic hydroxyl groups excluding tert-OH is 2. The van der Waals surface area contributed by atoms with Crippen LogP contribution in [0.2, 0.25) is 0 Å². The van der Waals surface area contributed by atoms with E-state index >= 15 is 0 Å². The Kier molecular flexibility index (Phi) is 8.64. The van der Waals surface area contributed by atoms with Gasteiger partial charge in [-0.2, -0.15) is 0 Å². The van der Waals surface area contributed by atoms with E-state index in [1.54, 1.807) is 14.0 Å². The van der Waals surface area contributed by atoms with Gasteiger partial charge in [-0.05, 0) is 32.6 Å². The lowest BCUT2D eigenvalue weighted by atomic mass is 9.90. The molecule has 8 nitrogen and oxygen atoms in total. The van der Waals surface area contributed by atoms with Gasteiger partial charge in [-0.3, -0.25) is 4.79 Å². The standard InChI is InChI=1S/C23H33NO7S/c1-14-4-7-16-11-17(12-23(29-3,31-16)20-13-32-22(28)24-20)30-21(27)10-15(2)6-9-19(26)18(25)8-5-14/h10,14,16-20,25-26H,4,6-7,9,11-13H2,1-3H3,(H,24,28)/b15-10-/t14-,16?,17?,18-,19-,20?,23+/m0/s1. The molecule has 3 N–H and O–H groups in total. The zero-order valence-corrected chi connectivity index (χ0v) is 19.7. The van der Waals surface area contributed by atoms with E-state index in [4.69, 9.17) is 14.2 Å². The summed E-state index contributed by atoms with van der Waals surface area (Å²) in [4.78, 5) is 24.4. The van der Waals surface area contributed by atoms with Crippen LogP contribution >= 0.6 is 11.8 Å². The third-order valence-electron chi connectivity index (χ3n) is 6.20. The van der Waals surface area contributed by atoms with Gasteiger partial charge in [0.1, 0.15) is 12.2 Å². The molecule has 0 aromatic heterocycles. The van der Waals surface area contributed by atoms with Gasteiger partial charge in [-0.15, -0.1) is 0 Å². The number of hydrogen-bond donors (Lipinski definition) is 3. The minimum absolute atomic E-state index is 0.0170. The molecule has 7 atom stereocenters. The SMILES string of the molecule is CO[C@]1(C2CSC(=O)N2)CC2CC(CC[C@H](C)C#C[C@H](O)[C@@H](O)CC/C(C)=C\C(=O)O2)O1. The van der Waals surface area contributed by atoms with Gasteiger partial charge in [0.2, 0.25) is 0 Å². The fourth-order valence-electron chi connectivity index (χ4n) is 4.30. The predicted octanol–water partition coefficient (Wildman–Crippen LogP) is 2.13. The van der Waals surface area contributed by atoms with Crippen LogP contribution in [0.4, 0.5) is 4.79 Å². The first-order chi connectivity index (χ1) is 15.2. The molecule has 32 heavy (non-hydrogen) atoms. The molecule has 3 rings (SSSR count).